The van der Waals surface area contributed by atoms with Crippen LogP contribution in [0.5, 0.6) is 0 Å². The Kier molecular flexibility index (Phi) is 3.64. The molecule has 1 aliphatic rings. The van der Waals surface area contributed by atoms with Crippen molar-refractivity contribution in [2.24, 2.45) is 5.11 Å². The topological polar surface area (TPSA) is 153 Å². The van der Waals surface area contributed by atoms with Crippen molar-refractivity contribution in [1.82, 2.24) is 9.55 Å². The molecule has 0 aliphatic carbocycles. The number of hydrogen-bond acceptors (Lipinski definition) is 6. The van der Waals surface area contributed by atoms with E-state index in [9.17, 15) is 19.8 Å². The molecule has 0 aromatic carbocycles. The van der Waals surface area contributed by atoms with E-state index in [1.165, 1.54) is 13.1 Å². The molecule has 0 spiro atoms. The minimum Gasteiger partial charge on any atom is -0.393 e. The molecule has 20 heavy (non-hydrogen) atoms. The largest absolute Gasteiger partial charge is 0.393 e. The molecule has 2 rings (SSSR count). The maximum Gasteiger partial charge on any atom is 0.330 e. The fourth-order valence-electron chi connectivity index (χ4n) is 2.05. The van der Waals surface area contributed by atoms with Crippen molar-refractivity contribution in [3.05, 3.63) is 43.0 Å². The first-order chi connectivity index (χ1) is 9.43. The van der Waals surface area contributed by atoms with E-state index in [1.807, 2.05) is 0 Å². The monoisotopic (exact) mass is 283 g/mol. The summed E-state index contributed by atoms with van der Waals surface area (Å²) in [5.41, 5.74) is 5.69. The summed E-state index contributed by atoms with van der Waals surface area (Å²) >= 11 is 0. The van der Waals surface area contributed by atoms with Crippen molar-refractivity contribution in [2.45, 2.75) is 31.4 Å². The number of aromatic nitrogens is 2. The van der Waals surface area contributed by atoms with Gasteiger partial charge in [0.15, 0.2) is 5.72 Å². The van der Waals surface area contributed by atoms with Gasteiger partial charge in [0.05, 0.1) is 12.7 Å². The zero-order chi connectivity index (χ0) is 14.9. The lowest BCUT2D eigenvalue weighted by Gasteiger charge is -2.24. The number of nitrogens with zero attached hydrogens (tertiary/aromatic N) is 4. The van der Waals surface area contributed by atoms with Gasteiger partial charge in [0.1, 0.15) is 6.23 Å². The summed E-state index contributed by atoms with van der Waals surface area (Å²) in [6.45, 7) is 0.776. The normalized spacial score (nSPS) is 29.1. The first kappa shape index (κ1) is 14.3. The molecule has 3 atom stereocenters. The van der Waals surface area contributed by atoms with Crippen molar-refractivity contribution in [2.75, 3.05) is 6.61 Å². The zero-order valence-corrected chi connectivity index (χ0v) is 10.6. The number of nitrogens with one attached hydrogen (secondary N) is 1. The van der Waals surface area contributed by atoms with Crippen molar-refractivity contribution < 1.29 is 14.9 Å². The van der Waals surface area contributed by atoms with Gasteiger partial charge in [0.25, 0.3) is 5.56 Å². The molecular weight excluding hydrogens is 270 g/mol. The molecule has 1 saturated heterocycles. The van der Waals surface area contributed by atoms with Gasteiger partial charge in [-0.15, -0.1) is 0 Å². The number of aryl methyl sites for hydroxylation is 1. The van der Waals surface area contributed by atoms with Gasteiger partial charge in [-0.05, 0) is 12.5 Å². The van der Waals surface area contributed by atoms with E-state index < -0.39 is 35.9 Å². The summed E-state index contributed by atoms with van der Waals surface area (Å²) in [7, 11) is 0. The second-order valence-electron chi connectivity index (χ2n) is 4.50. The standard InChI is InChI=1S/C10H13N5O5/c1-5-3-15(9(19)12-8(5)18)7-2-6(17)10(4-16,20-7)13-14-11/h3,6-7,16-17H,2,4H2,1H3,(H,12,18,19)/t6-,7+,10+/m0/s1. The van der Waals surface area contributed by atoms with Gasteiger partial charge >= 0.3 is 5.69 Å². The first-order valence-electron chi connectivity index (χ1n) is 5.78. The number of H-pyrrole nitrogens is 1. The highest BCUT2D eigenvalue weighted by Crippen LogP contribution is 2.37. The summed E-state index contributed by atoms with van der Waals surface area (Å²) in [4.78, 5) is 27.6. The van der Waals surface area contributed by atoms with Crippen molar-refractivity contribution in [3.8, 4) is 0 Å². The Hall–Kier alpha value is -2.13. The van der Waals surface area contributed by atoms with E-state index in [1.54, 1.807) is 0 Å². The molecule has 1 aliphatic heterocycles. The highest BCUT2D eigenvalue weighted by molar-refractivity contribution is 5.03. The average molecular weight is 283 g/mol. The van der Waals surface area contributed by atoms with Crippen molar-refractivity contribution in [3.63, 3.8) is 0 Å². The fraction of sp³-hybridized carbons (Fsp3) is 0.600. The molecule has 1 aromatic rings. The number of ether oxygens (including phenoxy) is 1. The lowest BCUT2D eigenvalue weighted by atomic mass is 10.1. The summed E-state index contributed by atoms with van der Waals surface area (Å²) in [6.07, 6.45) is -1.01. The van der Waals surface area contributed by atoms with Crippen LogP contribution in [0.3, 0.4) is 0 Å². The smallest absolute Gasteiger partial charge is 0.330 e. The quantitative estimate of drug-likeness (QED) is 0.373. The van der Waals surface area contributed by atoms with Crippen LogP contribution < -0.4 is 11.2 Å². The first-order valence-corrected chi connectivity index (χ1v) is 5.78. The molecule has 10 nitrogen and oxygen atoms in total. The maximum atomic E-state index is 11.7. The van der Waals surface area contributed by atoms with Crippen LogP contribution in [-0.4, -0.2) is 38.2 Å². The third-order valence-electron chi connectivity index (χ3n) is 3.18. The summed E-state index contributed by atoms with van der Waals surface area (Å²) in [5, 5.41) is 22.4. The molecule has 2 heterocycles. The van der Waals surface area contributed by atoms with Gasteiger partial charge < -0.3 is 14.9 Å². The van der Waals surface area contributed by atoms with E-state index >= 15 is 0 Å². The number of azide groups is 1. The maximum absolute atomic E-state index is 11.7. The van der Waals surface area contributed by atoms with Crippen LogP contribution in [-0.2, 0) is 4.74 Å². The highest BCUT2D eigenvalue weighted by atomic mass is 16.6. The molecule has 1 aromatic heterocycles. The van der Waals surface area contributed by atoms with Crippen LogP contribution in [0, 0.1) is 6.92 Å². The van der Waals surface area contributed by atoms with Crippen LogP contribution in [0.1, 0.15) is 18.2 Å². The number of hydrogen-bond donors (Lipinski definition) is 3. The third kappa shape index (κ3) is 2.21. The minimum atomic E-state index is -1.83. The number of aromatic amines is 1. The van der Waals surface area contributed by atoms with Gasteiger partial charge in [-0.1, -0.05) is 5.11 Å². The Bertz CT molecular complexity index is 675. The van der Waals surface area contributed by atoms with Crippen LogP contribution in [0.2, 0.25) is 0 Å². The second kappa shape index (κ2) is 5.10. The fourth-order valence-corrected chi connectivity index (χ4v) is 2.05. The predicted octanol–water partition coefficient (Wildman–Crippen LogP) is -0.876. The molecule has 0 radical (unpaired) electrons. The van der Waals surface area contributed by atoms with Crippen LogP contribution in [0.4, 0.5) is 0 Å². The van der Waals surface area contributed by atoms with E-state index in [-0.39, 0.29) is 12.0 Å². The zero-order valence-electron chi connectivity index (χ0n) is 10.6. The molecule has 10 heteroatoms. The number of rotatable bonds is 3. The van der Waals surface area contributed by atoms with Gasteiger partial charge in [-0.3, -0.25) is 14.3 Å². The summed E-state index contributed by atoms with van der Waals surface area (Å²) in [5.74, 6) is 0. The predicted molar refractivity (Wildman–Crippen MR) is 65.8 cm³/mol. The Balaban J connectivity index is 2.43. The Labute approximate surface area is 111 Å². The molecular formula is C10H13N5O5. The second-order valence-corrected chi connectivity index (χ2v) is 4.50. The number of aliphatic hydroxyl groups is 2. The van der Waals surface area contributed by atoms with Gasteiger partial charge in [0, 0.05) is 23.1 Å². The minimum absolute atomic E-state index is 0.0645. The SMILES string of the molecule is Cc1cn([C@H]2C[C@H](O)[C@](CO)(N=[N+]=[N-])O2)c(=O)[nH]c1=O. The van der Waals surface area contributed by atoms with E-state index in [0.717, 1.165) is 4.57 Å². The molecule has 0 saturated carbocycles. The van der Waals surface area contributed by atoms with E-state index in [0.29, 0.717) is 0 Å². The van der Waals surface area contributed by atoms with Crippen LogP contribution in [0.25, 0.3) is 10.4 Å². The average Bonchev–Trinajstić information content (AvgIpc) is 2.72. The summed E-state index contributed by atoms with van der Waals surface area (Å²) < 4.78 is 6.41. The molecule has 0 bridgehead atoms. The lowest BCUT2D eigenvalue weighted by Crippen LogP contribution is -2.41. The van der Waals surface area contributed by atoms with Crippen LogP contribution >= 0.6 is 0 Å². The third-order valence-corrected chi connectivity index (χ3v) is 3.18. The lowest BCUT2D eigenvalue weighted by molar-refractivity contribution is -0.124. The Morgan fingerprint density at radius 3 is 3.00 bits per heavy atom. The van der Waals surface area contributed by atoms with Gasteiger partial charge in [-0.2, -0.15) is 0 Å². The Morgan fingerprint density at radius 2 is 2.40 bits per heavy atom. The van der Waals surface area contributed by atoms with Crippen molar-refractivity contribution in [1.29, 1.82) is 0 Å². The van der Waals surface area contributed by atoms with Gasteiger partial charge in [0.2, 0.25) is 0 Å². The highest BCUT2D eigenvalue weighted by Gasteiger charge is 2.48. The molecule has 108 valence electrons. The molecule has 3 N–H and O–H groups in total. The molecule has 1 fully saturated rings. The molecule has 0 unspecified atom stereocenters. The van der Waals surface area contributed by atoms with E-state index in [4.69, 9.17) is 10.3 Å². The Morgan fingerprint density at radius 1 is 1.70 bits per heavy atom. The summed E-state index contributed by atoms with van der Waals surface area (Å²) in [6, 6.07) is 0. The molecule has 0 amide bonds. The number of aliphatic hydroxyl groups excluding tert-OH is 2. The van der Waals surface area contributed by atoms with Crippen molar-refractivity contribution >= 4 is 0 Å². The van der Waals surface area contributed by atoms with E-state index in [2.05, 4.69) is 15.0 Å². The van der Waals surface area contributed by atoms with Gasteiger partial charge in [-0.25, -0.2) is 4.79 Å². The van der Waals surface area contributed by atoms with Crippen LogP contribution in [0.15, 0.2) is 20.9 Å².